The third kappa shape index (κ3) is 4.46. The maximum Gasteiger partial charge on any atom is 0.235 e. The van der Waals surface area contributed by atoms with Crippen molar-refractivity contribution in [3.8, 4) is 0 Å². The molecule has 1 saturated heterocycles. The van der Waals surface area contributed by atoms with E-state index in [0.717, 1.165) is 11.8 Å². The molecular formula is C17H22FN5O3S2. The van der Waals surface area contributed by atoms with Crippen LogP contribution in [0.4, 0.5) is 4.39 Å². The van der Waals surface area contributed by atoms with Crippen LogP contribution in [-0.2, 0) is 21.1 Å². The summed E-state index contributed by atoms with van der Waals surface area (Å²) in [5, 5.41) is 7.81. The summed E-state index contributed by atoms with van der Waals surface area (Å²) in [5.74, 6) is 5.95. The highest BCUT2D eigenvalue weighted by atomic mass is 32.2. The van der Waals surface area contributed by atoms with Crippen LogP contribution in [0.1, 0.15) is 24.7 Å². The van der Waals surface area contributed by atoms with E-state index in [1.807, 2.05) is 0 Å². The number of benzene rings is 1. The Bertz CT molecular complexity index is 979. The smallest absolute Gasteiger partial charge is 0.235 e. The molecule has 0 unspecified atom stereocenters. The van der Waals surface area contributed by atoms with Gasteiger partial charge in [0.2, 0.25) is 11.1 Å². The highest BCUT2D eigenvalue weighted by Crippen LogP contribution is 2.25. The number of halogens is 1. The van der Waals surface area contributed by atoms with Crippen molar-refractivity contribution in [2.45, 2.75) is 36.2 Å². The van der Waals surface area contributed by atoms with E-state index in [0.29, 0.717) is 23.0 Å². The fraction of sp³-hybridized carbons (Fsp3) is 0.471. The molecule has 11 heteroatoms. The zero-order valence-electron chi connectivity index (χ0n) is 15.6. The maximum atomic E-state index is 13.8. The van der Waals surface area contributed by atoms with E-state index >= 15 is 0 Å². The van der Waals surface area contributed by atoms with E-state index in [1.165, 1.54) is 15.6 Å². The lowest BCUT2D eigenvalue weighted by molar-refractivity contribution is -0.130. The van der Waals surface area contributed by atoms with Crippen LogP contribution in [0.3, 0.4) is 0 Å². The van der Waals surface area contributed by atoms with Crippen LogP contribution >= 0.6 is 11.8 Å². The van der Waals surface area contributed by atoms with Crippen LogP contribution in [0.15, 0.2) is 29.4 Å². The SMILES string of the molecule is C[C@H](Sc1nnc(Cc2ccccc2F)n1N)C(=O)N(C)[C@H]1CCS(=O)(=O)C1. The van der Waals surface area contributed by atoms with Gasteiger partial charge in [-0.15, -0.1) is 10.2 Å². The Morgan fingerprint density at radius 2 is 2.14 bits per heavy atom. The van der Waals surface area contributed by atoms with Gasteiger partial charge in [-0.3, -0.25) is 4.79 Å². The number of rotatable bonds is 6. The van der Waals surface area contributed by atoms with E-state index in [4.69, 9.17) is 5.84 Å². The summed E-state index contributed by atoms with van der Waals surface area (Å²) in [6, 6.07) is 6.03. The van der Waals surface area contributed by atoms with Gasteiger partial charge in [0.05, 0.1) is 16.8 Å². The van der Waals surface area contributed by atoms with E-state index in [2.05, 4.69) is 10.2 Å². The fourth-order valence-corrected chi connectivity index (χ4v) is 5.74. The molecule has 1 aromatic carbocycles. The van der Waals surface area contributed by atoms with Crippen LogP contribution < -0.4 is 5.84 Å². The summed E-state index contributed by atoms with van der Waals surface area (Å²) in [6.45, 7) is 1.71. The van der Waals surface area contributed by atoms with E-state index in [1.54, 1.807) is 32.2 Å². The highest BCUT2D eigenvalue weighted by Gasteiger charge is 2.34. The molecule has 2 aromatic rings. The Hall–Kier alpha value is -2.14. The largest absolute Gasteiger partial charge is 0.341 e. The molecule has 3 rings (SSSR count). The summed E-state index contributed by atoms with van der Waals surface area (Å²) in [7, 11) is -1.46. The molecule has 1 amide bonds. The normalized spacial score (nSPS) is 19.5. The summed E-state index contributed by atoms with van der Waals surface area (Å²) >= 11 is 1.13. The van der Waals surface area contributed by atoms with Crippen LogP contribution in [0.5, 0.6) is 0 Å². The highest BCUT2D eigenvalue weighted by molar-refractivity contribution is 8.00. The number of hydrogen-bond donors (Lipinski definition) is 1. The number of thioether (sulfide) groups is 1. The van der Waals surface area contributed by atoms with Crippen LogP contribution in [0, 0.1) is 5.82 Å². The molecule has 2 heterocycles. The van der Waals surface area contributed by atoms with E-state index < -0.39 is 15.1 Å². The Balaban J connectivity index is 1.66. The van der Waals surface area contributed by atoms with Gasteiger partial charge in [-0.1, -0.05) is 30.0 Å². The molecule has 2 atom stereocenters. The van der Waals surface area contributed by atoms with Crippen molar-refractivity contribution in [3.63, 3.8) is 0 Å². The van der Waals surface area contributed by atoms with Crippen molar-refractivity contribution >= 4 is 27.5 Å². The predicted octanol–water partition coefficient (Wildman–Crippen LogP) is 0.848. The molecule has 0 radical (unpaired) electrons. The van der Waals surface area contributed by atoms with Crippen LogP contribution in [0.2, 0.25) is 0 Å². The van der Waals surface area contributed by atoms with Crippen molar-refractivity contribution in [1.82, 2.24) is 19.8 Å². The maximum absolute atomic E-state index is 13.8. The Morgan fingerprint density at radius 3 is 2.79 bits per heavy atom. The number of hydrogen-bond acceptors (Lipinski definition) is 7. The average molecular weight is 428 g/mol. The van der Waals surface area contributed by atoms with Gasteiger partial charge in [0.1, 0.15) is 5.82 Å². The topological polar surface area (TPSA) is 111 Å². The fourth-order valence-electron chi connectivity index (χ4n) is 3.08. The number of carbonyl (C=O) groups excluding carboxylic acids is 1. The third-order valence-corrected chi connectivity index (χ3v) is 7.57. The van der Waals surface area contributed by atoms with Gasteiger partial charge in [0, 0.05) is 19.5 Å². The van der Waals surface area contributed by atoms with Crippen LogP contribution in [0.25, 0.3) is 0 Å². The summed E-state index contributed by atoms with van der Waals surface area (Å²) in [5.41, 5.74) is 0.449. The van der Waals surface area contributed by atoms with Crippen molar-refractivity contribution in [2.75, 3.05) is 24.4 Å². The minimum Gasteiger partial charge on any atom is -0.341 e. The van der Waals surface area contributed by atoms with Crippen molar-refractivity contribution in [1.29, 1.82) is 0 Å². The molecular weight excluding hydrogens is 405 g/mol. The second-order valence-electron chi connectivity index (χ2n) is 6.80. The van der Waals surface area contributed by atoms with Crippen molar-refractivity contribution < 1.29 is 17.6 Å². The summed E-state index contributed by atoms with van der Waals surface area (Å²) < 4.78 is 38.4. The minimum atomic E-state index is -3.07. The van der Waals surface area contributed by atoms with E-state index in [-0.39, 0.29) is 35.7 Å². The van der Waals surface area contributed by atoms with Gasteiger partial charge < -0.3 is 10.7 Å². The molecule has 28 heavy (non-hydrogen) atoms. The second kappa shape index (κ2) is 8.08. The first-order valence-corrected chi connectivity index (χ1v) is 11.4. The molecule has 1 fully saturated rings. The molecule has 1 aromatic heterocycles. The number of amides is 1. The molecule has 152 valence electrons. The first-order chi connectivity index (χ1) is 13.2. The summed E-state index contributed by atoms with van der Waals surface area (Å²) in [4.78, 5) is 14.1. The lowest BCUT2D eigenvalue weighted by Gasteiger charge is -2.26. The Morgan fingerprint density at radius 1 is 1.43 bits per heavy atom. The molecule has 1 aliphatic rings. The number of nitrogens with two attached hydrogens (primary N) is 1. The Labute approximate surface area is 167 Å². The average Bonchev–Trinajstić information content (AvgIpc) is 3.18. The third-order valence-electron chi connectivity index (χ3n) is 4.78. The van der Waals surface area contributed by atoms with Gasteiger partial charge >= 0.3 is 0 Å². The zero-order chi connectivity index (χ0) is 20.5. The molecule has 0 spiro atoms. The lowest BCUT2D eigenvalue weighted by atomic mass is 10.1. The minimum absolute atomic E-state index is 0.00745. The monoisotopic (exact) mass is 427 g/mol. The van der Waals surface area contributed by atoms with E-state index in [9.17, 15) is 17.6 Å². The number of sulfone groups is 1. The molecule has 2 N–H and O–H groups in total. The quantitative estimate of drug-likeness (QED) is 0.537. The van der Waals surface area contributed by atoms with Gasteiger partial charge in [0.15, 0.2) is 15.7 Å². The first-order valence-electron chi connectivity index (χ1n) is 8.74. The molecule has 0 bridgehead atoms. The van der Waals surface area contributed by atoms with Crippen LogP contribution in [-0.4, -0.2) is 63.9 Å². The first kappa shape index (κ1) is 20.6. The molecule has 0 aliphatic carbocycles. The molecule has 8 nitrogen and oxygen atoms in total. The standard InChI is InChI=1S/C17H22FN5O3S2/c1-11(16(24)22(2)13-7-8-28(25,26)10-13)27-17-21-20-15(23(17)19)9-12-5-3-4-6-14(12)18/h3-6,11,13H,7-10,19H2,1-2H3/t11-,13-/m0/s1. The zero-order valence-corrected chi connectivity index (χ0v) is 17.2. The lowest BCUT2D eigenvalue weighted by Crippen LogP contribution is -2.41. The number of aromatic nitrogens is 3. The Kier molecular flexibility index (Phi) is 5.94. The number of nitrogens with zero attached hydrogens (tertiary/aromatic N) is 4. The van der Waals surface area contributed by atoms with Gasteiger partial charge in [-0.25, -0.2) is 17.5 Å². The number of carbonyl (C=O) groups is 1. The predicted molar refractivity (Wildman–Crippen MR) is 105 cm³/mol. The van der Waals surface area contributed by atoms with Gasteiger partial charge in [-0.05, 0) is 25.0 Å². The van der Waals surface area contributed by atoms with Crippen molar-refractivity contribution in [3.05, 3.63) is 41.5 Å². The van der Waals surface area contributed by atoms with Gasteiger partial charge in [0.25, 0.3) is 0 Å². The summed E-state index contributed by atoms with van der Waals surface area (Å²) in [6.07, 6.45) is 0.626. The van der Waals surface area contributed by atoms with Gasteiger partial charge in [-0.2, -0.15) is 0 Å². The molecule has 1 aliphatic heterocycles. The number of nitrogen functional groups attached to an aromatic ring is 1. The van der Waals surface area contributed by atoms with Crippen molar-refractivity contribution in [2.24, 2.45) is 0 Å². The second-order valence-corrected chi connectivity index (χ2v) is 10.3. The molecule has 0 saturated carbocycles.